The van der Waals surface area contributed by atoms with Gasteiger partial charge in [0.15, 0.2) is 0 Å². The maximum atomic E-state index is 5.68. The van der Waals surface area contributed by atoms with Crippen molar-refractivity contribution in [1.82, 2.24) is 9.78 Å². The molecule has 18 heavy (non-hydrogen) atoms. The molecule has 0 aliphatic heterocycles. The number of halogens is 1. The molecule has 0 atom stereocenters. The van der Waals surface area contributed by atoms with Crippen LogP contribution in [0.3, 0.4) is 0 Å². The Labute approximate surface area is 116 Å². The number of hydrogen-bond acceptors (Lipinski definition) is 2. The van der Waals surface area contributed by atoms with Crippen molar-refractivity contribution >= 4 is 15.9 Å². The van der Waals surface area contributed by atoms with E-state index >= 15 is 0 Å². The third kappa shape index (κ3) is 2.49. The second-order valence-corrected chi connectivity index (χ2v) is 5.62. The molecular weight excluding hydrogens is 290 g/mol. The molecule has 0 saturated heterocycles. The zero-order valence-corrected chi connectivity index (χ0v) is 12.5. The van der Waals surface area contributed by atoms with Crippen LogP contribution in [0.1, 0.15) is 36.7 Å². The Morgan fingerprint density at radius 3 is 2.61 bits per heavy atom. The van der Waals surface area contributed by atoms with Gasteiger partial charge in [0.2, 0.25) is 0 Å². The van der Waals surface area contributed by atoms with E-state index in [2.05, 4.69) is 66.1 Å². The van der Waals surface area contributed by atoms with Crippen LogP contribution in [-0.4, -0.2) is 9.78 Å². The predicted molar refractivity (Wildman–Crippen MR) is 78.0 cm³/mol. The Hall–Kier alpha value is -1.13. The summed E-state index contributed by atoms with van der Waals surface area (Å²) in [5.74, 6) is 0.418. The third-order valence-electron chi connectivity index (χ3n) is 2.97. The first-order valence-corrected chi connectivity index (χ1v) is 6.87. The van der Waals surface area contributed by atoms with Gasteiger partial charge in [-0.2, -0.15) is 5.10 Å². The summed E-state index contributed by atoms with van der Waals surface area (Å²) in [5.41, 5.74) is 10.1. The van der Waals surface area contributed by atoms with E-state index < -0.39 is 0 Å². The lowest BCUT2D eigenvalue weighted by atomic mass is 10.1. The highest BCUT2D eigenvalue weighted by atomic mass is 79.9. The Morgan fingerprint density at radius 2 is 2.06 bits per heavy atom. The second kappa shape index (κ2) is 5.24. The van der Waals surface area contributed by atoms with Crippen molar-refractivity contribution in [3.8, 4) is 5.69 Å². The van der Waals surface area contributed by atoms with E-state index in [0.29, 0.717) is 12.5 Å². The molecule has 3 nitrogen and oxygen atoms in total. The molecule has 0 aliphatic carbocycles. The van der Waals surface area contributed by atoms with E-state index in [9.17, 15) is 0 Å². The van der Waals surface area contributed by atoms with Crippen molar-refractivity contribution in [3.05, 3.63) is 45.7 Å². The molecule has 0 unspecified atom stereocenters. The van der Waals surface area contributed by atoms with Crippen LogP contribution in [0.2, 0.25) is 0 Å². The van der Waals surface area contributed by atoms with Crippen molar-refractivity contribution in [3.63, 3.8) is 0 Å². The van der Waals surface area contributed by atoms with Gasteiger partial charge in [-0.05, 0) is 42.7 Å². The largest absolute Gasteiger partial charge is 0.325 e. The monoisotopic (exact) mass is 307 g/mol. The highest BCUT2D eigenvalue weighted by molar-refractivity contribution is 9.10. The van der Waals surface area contributed by atoms with E-state index in [4.69, 9.17) is 5.73 Å². The van der Waals surface area contributed by atoms with Crippen LogP contribution >= 0.6 is 15.9 Å². The summed E-state index contributed by atoms with van der Waals surface area (Å²) in [6.07, 6.45) is 0. The fraction of sp³-hybridized carbons (Fsp3) is 0.357. The predicted octanol–water partition coefficient (Wildman–Crippen LogP) is 3.53. The van der Waals surface area contributed by atoms with Gasteiger partial charge in [0.1, 0.15) is 0 Å². The van der Waals surface area contributed by atoms with Gasteiger partial charge in [-0.3, -0.25) is 0 Å². The van der Waals surface area contributed by atoms with Gasteiger partial charge in [0.05, 0.1) is 11.4 Å². The molecule has 1 heterocycles. The molecule has 2 N–H and O–H groups in total. The van der Waals surface area contributed by atoms with Gasteiger partial charge in [-0.1, -0.05) is 29.8 Å². The van der Waals surface area contributed by atoms with E-state index in [-0.39, 0.29) is 0 Å². The summed E-state index contributed by atoms with van der Waals surface area (Å²) in [6.45, 7) is 6.89. The normalized spacial score (nSPS) is 11.2. The molecule has 0 fully saturated rings. The van der Waals surface area contributed by atoms with Gasteiger partial charge in [0.25, 0.3) is 0 Å². The minimum atomic E-state index is 0.418. The van der Waals surface area contributed by atoms with Crippen LogP contribution in [0, 0.1) is 6.92 Å². The van der Waals surface area contributed by atoms with Crippen LogP contribution in [0.25, 0.3) is 5.69 Å². The Balaban J connectivity index is 2.54. The Bertz CT molecular complexity index is 558. The minimum absolute atomic E-state index is 0.418. The van der Waals surface area contributed by atoms with Crippen LogP contribution in [0.4, 0.5) is 0 Å². The van der Waals surface area contributed by atoms with Crippen molar-refractivity contribution in [2.45, 2.75) is 33.2 Å². The molecule has 2 rings (SSSR count). The van der Waals surface area contributed by atoms with Crippen molar-refractivity contribution in [2.24, 2.45) is 5.73 Å². The van der Waals surface area contributed by atoms with Crippen molar-refractivity contribution < 1.29 is 0 Å². The molecule has 0 aliphatic rings. The SMILES string of the molecule is Cc1cc(-n2nc(CN)cc2C(C)C)ccc1Br. The number of rotatable bonds is 3. The molecule has 0 radical (unpaired) electrons. The lowest BCUT2D eigenvalue weighted by molar-refractivity contribution is 0.726. The van der Waals surface area contributed by atoms with Crippen LogP contribution in [0.15, 0.2) is 28.7 Å². The third-order valence-corrected chi connectivity index (χ3v) is 3.86. The van der Waals surface area contributed by atoms with Crippen LogP contribution in [0.5, 0.6) is 0 Å². The van der Waals surface area contributed by atoms with Gasteiger partial charge < -0.3 is 5.73 Å². The van der Waals surface area contributed by atoms with Gasteiger partial charge in [-0.25, -0.2) is 4.68 Å². The van der Waals surface area contributed by atoms with Crippen LogP contribution < -0.4 is 5.73 Å². The molecule has 0 amide bonds. The first-order chi connectivity index (χ1) is 8.52. The molecule has 0 spiro atoms. The van der Waals surface area contributed by atoms with Crippen LogP contribution in [-0.2, 0) is 6.54 Å². The summed E-state index contributed by atoms with van der Waals surface area (Å²) in [5, 5.41) is 4.57. The van der Waals surface area contributed by atoms with E-state index in [1.807, 2.05) is 4.68 Å². The minimum Gasteiger partial charge on any atom is -0.325 e. The van der Waals surface area contributed by atoms with E-state index in [1.54, 1.807) is 0 Å². The zero-order valence-electron chi connectivity index (χ0n) is 10.9. The summed E-state index contributed by atoms with van der Waals surface area (Å²) in [7, 11) is 0. The maximum absolute atomic E-state index is 5.68. The molecular formula is C14H18BrN3. The number of aryl methyl sites for hydroxylation is 1. The second-order valence-electron chi connectivity index (χ2n) is 4.76. The van der Waals surface area contributed by atoms with Gasteiger partial charge in [-0.15, -0.1) is 0 Å². The zero-order chi connectivity index (χ0) is 13.3. The molecule has 1 aromatic carbocycles. The summed E-state index contributed by atoms with van der Waals surface area (Å²) in [6, 6.07) is 8.33. The first kappa shape index (κ1) is 13.3. The molecule has 0 saturated carbocycles. The lowest BCUT2D eigenvalue weighted by Gasteiger charge is -2.11. The Morgan fingerprint density at radius 1 is 1.33 bits per heavy atom. The van der Waals surface area contributed by atoms with Crippen molar-refractivity contribution in [2.75, 3.05) is 0 Å². The average Bonchev–Trinajstić information content (AvgIpc) is 2.77. The molecule has 1 aromatic heterocycles. The Kier molecular flexibility index (Phi) is 3.88. The highest BCUT2D eigenvalue weighted by Crippen LogP contribution is 2.23. The number of nitrogens with zero attached hydrogens (tertiary/aromatic N) is 2. The number of aromatic nitrogens is 2. The summed E-state index contributed by atoms with van der Waals surface area (Å²) in [4.78, 5) is 0. The number of nitrogens with two attached hydrogens (primary N) is 1. The summed E-state index contributed by atoms with van der Waals surface area (Å²) < 4.78 is 3.11. The number of hydrogen-bond donors (Lipinski definition) is 1. The quantitative estimate of drug-likeness (QED) is 0.942. The fourth-order valence-electron chi connectivity index (χ4n) is 1.93. The first-order valence-electron chi connectivity index (χ1n) is 6.08. The molecule has 96 valence electrons. The highest BCUT2D eigenvalue weighted by Gasteiger charge is 2.12. The van der Waals surface area contributed by atoms with E-state index in [0.717, 1.165) is 15.9 Å². The van der Waals surface area contributed by atoms with Gasteiger partial charge >= 0.3 is 0 Å². The molecule has 2 aromatic rings. The average molecular weight is 308 g/mol. The maximum Gasteiger partial charge on any atom is 0.0767 e. The molecule has 0 bridgehead atoms. The standard InChI is InChI=1S/C14H18BrN3/c1-9(2)14-7-11(8-16)17-18(14)12-4-5-13(15)10(3)6-12/h4-7,9H,8,16H2,1-3H3. The summed E-state index contributed by atoms with van der Waals surface area (Å²) >= 11 is 3.52. The molecule has 4 heteroatoms. The van der Waals surface area contributed by atoms with Crippen molar-refractivity contribution in [1.29, 1.82) is 0 Å². The number of benzene rings is 1. The van der Waals surface area contributed by atoms with E-state index in [1.165, 1.54) is 11.3 Å². The fourth-order valence-corrected chi connectivity index (χ4v) is 2.17. The lowest BCUT2D eigenvalue weighted by Crippen LogP contribution is -2.05. The topological polar surface area (TPSA) is 43.8 Å². The smallest absolute Gasteiger partial charge is 0.0767 e. The van der Waals surface area contributed by atoms with Gasteiger partial charge in [0, 0.05) is 16.7 Å².